The zero-order valence-corrected chi connectivity index (χ0v) is 19.7. The third-order valence-electron chi connectivity index (χ3n) is 4.87. The number of hydrogen-bond donors (Lipinski definition) is 1. The van der Waals surface area contributed by atoms with E-state index >= 15 is 0 Å². The predicted molar refractivity (Wildman–Crippen MR) is 130 cm³/mol. The molecule has 7 nitrogen and oxygen atoms in total. The highest BCUT2D eigenvalue weighted by Gasteiger charge is 2.23. The van der Waals surface area contributed by atoms with E-state index in [0.717, 1.165) is 10.4 Å². The molecule has 0 spiro atoms. The molecule has 0 atom stereocenters. The van der Waals surface area contributed by atoms with Crippen molar-refractivity contribution in [2.45, 2.75) is 20.8 Å². The number of nitrogens with zero attached hydrogens (tertiary/aromatic N) is 1. The van der Waals surface area contributed by atoms with Gasteiger partial charge in [-0.2, -0.15) is 5.26 Å². The van der Waals surface area contributed by atoms with Gasteiger partial charge in [-0.15, -0.1) is 11.3 Å². The van der Waals surface area contributed by atoms with Crippen molar-refractivity contribution in [1.29, 1.82) is 5.26 Å². The summed E-state index contributed by atoms with van der Waals surface area (Å²) in [6.07, 6.45) is 1.41. The van der Waals surface area contributed by atoms with Crippen molar-refractivity contribution in [1.82, 2.24) is 0 Å². The molecule has 0 aliphatic carbocycles. The van der Waals surface area contributed by atoms with E-state index in [1.165, 1.54) is 17.4 Å². The van der Waals surface area contributed by atoms with E-state index in [9.17, 15) is 19.6 Å². The van der Waals surface area contributed by atoms with Crippen LogP contribution in [0.3, 0.4) is 0 Å². The Bertz CT molecular complexity index is 1290. The molecule has 1 amide bonds. The third kappa shape index (κ3) is 5.77. The molecular weight excluding hydrogens is 452 g/mol. The molecule has 1 N–H and O–H groups in total. The number of carbonyl (C=O) groups is 3. The Balaban J connectivity index is 1.75. The zero-order chi connectivity index (χ0) is 24.7. The molecule has 0 saturated heterocycles. The first-order valence-electron chi connectivity index (χ1n) is 10.4. The van der Waals surface area contributed by atoms with Gasteiger partial charge in [0.05, 0.1) is 17.7 Å². The van der Waals surface area contributed by atoms with Crippen LogP contribution < -0.4 is 10.1 Å². The Kier molecular flexibility index (Phi) is 7.96. The summed E-state index contributed by atoms with van der Waals surface area (Å²) in [5.74, 6) is -1.32. The SMILES string of the molecule is CCOC(=O)c1c(NC(=O)/C(C#N)=C\c2ccc(OC(=O)c3ccccc3)cc2)sc(C)c1C. The monoisotopic (exact) mass is 474 g/mol. The smallest absolute Gasteiger partial charge is 0.343 e. The average molecular weight is 475 g/mol. The Morgan fingerprint density at radius 3 is 2.32 bits per heavy atom. The van der Waals surface area contributed by atoms with Gasteiger partial charge in [0.25, 0.3) is 5.91 Å². The molecule has 172 valence electrons. The number of hydrogen-bond acceptors (Lipinski definition) is 7. The van der Waals surface area contributed by atoms with Crippen molar-refractivity contribution >= 4 is 40.3 Å². The van der Waals surface area contributed by atoms with E-state index < -0.39 is 17.8 Å². The molecule has 2 aromatic carbocycles. The number of rotatable bonds is 7. The minimum absolute atomic E-state index is 0.146. The first-order valence-corrected chi connectivity index (χ1v) is 11.2. The zero-order valence-electron chi connectivity index (χ0n) is 18.9. The van der Waals surface area contributed by atoms with Gasteiger partial charge in [-0.1, -0.05) is 30.3 Å². The molecule has 0 fully saturated rings. The maximum Gasteiger partial charge on any atom is 0.343 e. The second kappa shape index (κ2) is 11.1. The second-order valence-corrected chi connectivity index (χ2v) is 8.38. The normalized spacial score (nSPS) is 10.8. The fourth-order valence-electron chi connectivity index (χ4n) is 3.02. The number of nitrogens with one attached hydrogen (secondary N) is 1. The van der Waals surface area contributed by atoms with Crippen LogP contribution >= 0.6 is 11.3 Å². The van der Waals surface area contributed by atoms with Gasteiger partial charge in [-0.25, -0.2) is 9.59 Å². The Morgan fingerprint density at radius 2 is 1.71 bits per heavy atom. The van der Waals surface area contributed by atoms with Gasteiger partial charge in [0.1, 0.15) is 22.4 Å². The molecule has 0 radical (unpaired) electrons. The van der Waals surface area contributed by atoms with Gasteiger partial charge in [0.2, 0.25) is 0 Å². The van der Waals surface area contributed by atoms with E-state index in [1.54, 1.807) is 68.4 Å². The minimum atomic E-state index is -0.645. The highest BCUT2D eigenvalue weighted by molar-refractivity contribution is 7.16. The first kappa shape index (κ1) is 24.4. The summed E-state index contributed by atoms with van der Waals surface area (Å²) in [5.41, 5.74) is 1.86. The second-order valence-electron chi connectivity index (χ2n) is 7.16. The summed E-state index contributed by atoms with van der Waals surface area (Å²) >= 11 is 1.25. The number of esters is 2. The van der Waals surface area contributed by atoms with Crippen molar-refractivity contribution in [3.05, 3.63) is 87.3 Å². The van der Waals surface area contributed by atoms with Gasteiger partial charge in [-0.05, 0) is 62.2 Å². The Labute approximate surface area is 201 Å². The lowest BCUT2D eigenvalue weighted by atomic mass is 10.1. The molecule has 0 aliphatic rings. The lowest BCUT2D eigenvalue weighted by Gasteiger charge is -2.07. The molecule has 3 aromatic rings. The topological polar surface area (TPSA) is 105 Å². The summed E-state index contributed by atoms with van der Waals surface area (Å²) in [4.78, 5) is 38.1. The van der Waals surface area contributed by atoms with Crippen LogP contribution in [0.4, 0.5) is 5.00 Å². The van der Waals surface area contributed by atoms with Crippen LogP contribution in [0.5, 0.6) is 5.75 Å². The number of aryl methyl sites for hydroxylation is 1. The summed E-state index contributed by atoms with van der Waals surface area (Å²) in [7, 11) is 0. The molecule has 0 unspecified atom stereocenters. The van der Waals surface area contributed by atoms with Crippen molar-refractivity contribution in [3.8, 4) is 11.8 Å². The molecule has 1 aromatic heterocycles. The fourth-order valence-corrected chi connectivity index (χ4v) is 4.07. The summed E-state index contributed by atoms with van der Waals surface area (Å²) < 4.78 is 10.4. The van der Waals surface area contributed by atoms with E-state index in [2.05, 4.69) is 5.32 Å². The minimum Gasteiger partial charge on any atom is -0.462 e. The molecule has 34 heavy (non-hydrogen) atoms. The summed E-state index contributed by atoms with van der Waals surface area (Å²) in [6, 6.07) is 16.9. The van der Waals surface area contributed by atoms with E-state index in [1.807, 2.05) is 13.0 Å². The number of thiophene rings is 1. The summed E-state index contributed by atoms with van der Waals surface area (Å²) in [6.45, 7) is 5.53. The van der Waals surface area contributed by atoms with Gasteiger partial charge >= 0.3 is 11.9 Å². The van der Waals surface area contributed by atoms with Crippen LogP contribution in [0, 0.1) is 25.2 Å². The third-order valence-corrected chi connectivity index (χ3v) is 5.99. The van der Waals surface area contributed by atoms with Crippen LogP contribution in [0.15, 0.2) is 60.2 Å². The number of ether oxygens (including phenoxy) is 2. The van der Waals surface area contributed by atoms with Crippen LogP contribution in [0.25, 0.3) is 6.08 Å². The van der Waals surface area contributed by atoms with Gasteiger partial charge in [-0.3, -0.25) is 4.79 Å². The molecule has 3 rings (SSSR count). The van der Waals surface area contributed by atoms with E-state index in [-0.39, 0.29) is 12.2 Å². The van der Waals surface area contributed by atoms with Crippen LogP contribution in [0.2, 0.25) is 0 Å². The van der Waals surface area contributed by atoms with E-state index in [4.69, 9.17) is 9.47 Å². The molecule has 1 heterocycles. The quantitative estimate of drug-likeness (QED) is 0.215. The van der Waals surface area contributed by atoms with Crippen LogP contribution in [-0.2, 0) is 9.53 Å². The van der Waals surface area contributed by atoms with Gasteiger partial charge < -0.3 is 14.8 Å². The number of carbonyl (C=O) groups excluding carboxylic acids is 3. The maximum absolute atomic E-state index is 12.8. The molecule has 0 bridgehead atoms. The van der Waals surface area contributed by atoms with Crippen LogP contribution in [-0.4, -0.2) is 24.5 Å². The van der Waals surface area contributed by atoms with Crippen molar-refractivity contribution in [2.75, 3.05) is 11.9 Å². The van der Waals surface area contributed by atoms with Crippen molar-refractivity contribution in [3.63, 3.8) is 0 Å². The lowest BCUT2D eigenvalue weighted by molar-refractivity contribution is -0.112. The largest absolute Gasteiger partial charge is 0.462 e. The average Bonchev–Trinajstić information content (AvgIpc) is 3.11. The number of anilines is 1. The van der Waals surface area contributed by atoms with Gasteiger partial charge in [0.15, 0.2) is 0 Å². The number of amides is 1. The molecule has 0 saturated carbocycles. The predicted octanol–water partition coefficient (Wildman–Crippen LogP) is 5.31. The Morgan fingerprint density at radius 1 is 1.03 bits per heavy atom. The molecular formula is C26H22N2O5S. The summed E-state index contributed by atoms with van der Waals surface area (Å²) in [5, 5.41) is 12.5. The van der Waals surface area contributed by atoms with Crippen LogP contribution in [0.1, 0.15) is 43.6 Å². The lowest BCUT2D eigenvalue weighted by Crippen LogP contribution is -2.16. The molecule has 0 aliphatic heterocycles. The van der Waals surface area contributed by atoms with Crippen molar-refractivity contribution < 1.29 is 23.9 Å². The molecule has 8 heteroatoms. The number of nitriles is 1. The van der Waals surface area contributed by atoms with Crippen molar-refractivity contribution in [2.24, 2.45) is 0 Å². The number of benzene rings is 2. The maximum atomic E-state index is 12.8. The van der Waals surface area contributed by atoms with E-state index in [0.29, 0.717) is 27.4 Å². The fraction of sp³-hybridized carbons (Fsp3) is 0.154. The highest BCUT2D eigenvalue weighted by Crippen LogP contribution is 2.33. The standard InChI is InChI=1S/C26H22N2O5S/c1-4-32-26(31)22-16(2)17(3)34-24(22)28-23(29)20(15-27)14-18-10-12-21(13-11-18)33-25(30)19-8-6-5-7-9-19/h5-14H,4H2,1-3H3,(H,28,29)/b20-14-. The first-order chi connectivity index (χ1) is 16.3. The Hall–Kier alpha value is -4.22. The van der Waals surface area contributed by atoms with Gasteiger partial charge in [0, 0.05) is 4.88 Å². The highest BCUT2D eigenvalue weighted by atomic mass is 32.1.